The van der Waals surface area contributed by atoms with Crippen molar-refractivity contribution in [1.29, 1.82) is 0 Å². The summed E-state index contributed by atoms with van der Waals surface area (Å²) in [5, 5.41) is 0. The van der Waals surface area contributed by atoms with Gasteiger partial charge in [0.2, 0.25) is 0 Å². The molecule has 3 aromatic carbocycles. The van der Waals surface area contributed by atoms with Gasteiger partial charge in [-0.3, -0.25) is 4.79 Å². The maximum atomic E-state index is 14.9. The summed E-state index contributed by atoms with van der Waals surface area (Å²) in [4.78, 5) is 12.0. The summed E-state index contributed by atoms with van der Waals surface area (Å²) in [7, 11) is 1.58. The number of halogens is 1. The molecule has 0 fully saturated rings. The lowest BCUT2D eigenvalue weighted by atomic mass is 9.81. The first-order chi connectivity index (χ1) is 17.7. The highest BCUT2D eigenvalue weighted by Gasteiger charge is 2.21. The molecule has 0 aliphatic heterocycles. The number of carbonyl (C=O) groups excluding carboxylic acids is 1. The Morgan fingerprint density at radius 2 is 1.68 bits per heavy atom. The standard InChI is InChI=1S/C32H37FO4/c1-7-9-24(19-31(34)36-8-2)23-11-13-25(14-12-23)37-21-22-10-16-29(32(3,4)5)27(18-22)28-20-26(35-6)15-17-30(28)33/h7,9-18,20,24H,8,19,21H2,1-6H3/b9-7+. The summed E-state index contributed by atoms with van der Waals surface area (Å²) in [6, 6.07) is 18.6. The molecule has 1 atom stereocenters. The maximum Gasteiger partial charge on any atom is 0.306 e. The van der Waals surface area contributed by atoms with Gasteiger partial charge in [0.15, 0.2) is 0 Å². The van der Waals surface area contributed by atoms with Gasteiger partial charge in [-0.1, -0.05) is 57.2 Å². The molecule has 3 aromatic rings. The lowest BCUT2D eigenvalue weighted by Gasteiger charge is -2.24. The van der Waals surface area contributed by atoms with Crippen molar-refractivity contribution < 1.29 is 23.4 Å². The Hall–Kier alpha value is -3.60. The quantitative estimate of drug-likeness (QED) is 0.207. The van der Waals surface area contributed by atoms with Gasteiger partial charge in [-0.25, -0.2) is 4.39 Å². The SMILES string of the molecule is C/C=C/C(CC(=O)OCC)c1ccc(OCc2ccc(C(C)(C)C)c(-c3cc(OC)ccc3F)c2)cc1. The number of benzene rings is 3. The van der Waals surface area contributed by atoms with E-state index in [1.807, 2.05) is 68.5 Å². The molecule has 37 heavy (non-hydrogen) atoms. The molecular formula is C32H37FO4. The first-order valence-electron chi connectivity index (χ1n) is 12.6. The van der Waals surface area contributed by atoms with Gasteiger partial charge in [0.25, 0.3) is 0 Å². The average molecular weight is 505 g/mol. The Bertz CT molecular complexity index is 1220. The maximum absolute atomic E-state index is 14.9. The number of methoxy groups -OCH3 is 1. The molecule has 0 aliphatic carbocycles. The summed E-state index contributed by atoms with van der Waals surface area (Å²) in [6.45, 7) is 10.8. The fourth-order valence-corrected chi connectivity index (χ4v) is 4.30. The molecule has 0 bridgehead atoms. The Morgan fingerprint density at radius 3 is 2.30 bits per heavy atom. The number of ether oxygens (including phenoxy) is 3. The molecule has 0 aliphatic rings. The number of rotatable bonds is 10. The number of allylic oxidation sites excluding steroid dienone is 2. The van der Waals surface area contributed by atoms with Gasteiger partial charge in [0, 0.05) is 11.5 Å². The summed E-state index contributed by atoms with van der Waals surface area (Å²) in [6.07, 6.45) is 4.24. The van der Waals surface area contributed by atoms with Crippen molar-refractivity contribution in [3.05, 3.63) is 95.3 Å². The Morgan fingerprint density at radius 1 is 0.973 bits per heavy atom. The van der Waals surface area contributed by atoms with E-state index < -0.39 is 0 Å². The van der Waals surface area contributed by atoms with Gasteiger partial charge in [0.05, 0.1) is 20.1 Å². The smallest absolute Gasteiger partial charge is 0.306 e. The number of hydrogen-bond donors (Lipinski definition) is 0. The van der Waals surface area contributed by atoms with Gasteiger partial charge in [0.1, 0.15) is 23.9 Å². The van der Waals surface area contributed by atoms with Gasteiger partial charge in [-0.2, -0.15) is 0 Å². The van der Waals surface area contributed by atoms with Gasteiger partial charge >= 0.3 is 5.97 Å². The molecular weight excluding hydrogens is 467 g/mol. The molecule has 0 saturated heterocycles. The van der Waals surface area contributed by atoms with E-state index in [2.05, 4.69) is 20.8 Å². The molecule has 0 N–H and O–H groups in total. The minimum absolute atomic E-state index is 0.0524. The van der Waals surface area contributed by atoms with Crippen LogP contribution in [0.2, 0.25) is 0 Å². The summed E-state index contributed by atoms with van der Waals surface area (Å²) in [5.74, 6) is 0.764. The molecule has 4 nitrogen and oxygen atoms in total. The zero-order valence-electron chi connectivity index (χ0n) is 22.6. The van der Waals surface area contributed by atoms with Crippen molar-refractivity contribution in [3.63, 3.8) is 0 Å². The van der Waals surface area contributed by atoms with Crippen LogP contribution in [-0.4, -0.2) is 19.7 Å². The molecule has 5 heteroatoms. The van der Waals surface area contributed by atoms with Crippen molar-refractivity contribution in [3.8, 4) is 22.6 Å². The third kappa shape index (κ3) is 7.45. The van der Waals surface area contributed by atoms with Crippen molar-refractivity contribution in [2.24, 2.45) is 0 Å². The zero-order valence-corrected chi connectivity index (χ0v) is 22.6. The fraction of sp³-hybridized carbons (Fsp3) is 0.344. The predicted octanol–water partition coefficient (Wildman–Crippen LogP) is 7.99. The second-order valence-corrected chi connectivity index (χ2v) is 9.97. The first-order valence-corrected chi connectivity index (χ1v) is 12.6. The average Bonchev–Trinajstić information content (AvgIpc) is 2.87. The number of carbonyl (C=O) groups is 1. The Kier molecular flexibility index (Phi) is 9.51. The van der Waals surface area contributed by atoms with Crippen LogP contribution >= 0.6 is 0 Å². The fourth-order valence-electron chi connectivity index (χ4n) is 4.30. The lowest BCUT2D eigenvalue weighted by molar-refractivity contribution is -0.143. The van der Waals surface area contributed by atoms with Gasteiger partial charge < -0.3 is 14.2 Å². The topological polar surface area (TPSA) is 44.8 Å². The Labute approximate surface area is 220 Å². The molecule has 0 aromatic heterocycles. The van der Waals surface area contributed by atoms with E-state index in [4.69, 9.17) is 14.2 Å². The van der Waals surface area contributed by atoms with E-state index >= 15 is 0 Å². The largest absolute Gasteiger partial charge is 0.497 e. The van der Waals surface area contributed by atoms with Crippen LogP contribution in [0.15, 0.2) is 72.8 Å². The van der Waals surface area contributed by atoms with E-state index in [0.717, 1.165) is 22.3 Å². The first kappa shape index (κ1) is 28.0. The third-order valence-electron chi connectivity index (χ3n) is 6.19. The van der Waals surface area contributed by atoms with Crippen molar-refractivity contribution in [1.82, 2.24) is 0 Å². The molecule has 0 amide bonds. The van der Waals surface area contributed by atoms with Crippen LogP contribution in [0.5, 0.6) is 11.5 Å². The summed E-state index contributed by atoms with van der Waals surface area (Å²) >= 11 is 0. The van der Waals surface area contributed by atoms with Crippen LogP contribution in [0.3, 0.4) is 0 Å². The molecule has 3 rings (SSSR count). The van der Waals surface area contributed by atoms with Gasteiger partial charge in [-0.15, -0.1) is 0 Å². The van der Waals surface area contributed by atoms with E-state index in [0.29, 0.717) is 36.7 Å². The van der Waals surface area contributed by atoms with E-state index in [1.165, 1.54) is 6.07 Å². The van der Waals surface area contributed by atoms with Crippen LogP contribution < -0.4 is 9.47 Å². The second-order valence-electron chi connectivity index (χ2n) is 9.97. The molecule has 196 valence electrons. The number of esters is 1. The van der Waals surface area contributed by atoms with E-state index in [9.17, 15) is 9.18 Å². The van der Waals surface area contributed by atoms with Crippen molar-refractivity contribution in [2.75, 3.05) is 13.7 Å². The summed E-state index contributed by atoms with van der Waals surface area (Å²) in [5.41, 5.74) is 4.16. The summed E-state index contributed by atoms with van der Waals surface area (Å²) < 4.78 is 31.4. The van der Waals surface area contributed by atoms with E-state index in [1.54, 1.807) is 19.2 Å². The minimum atomic E-state index is -0.293. The molecule has 0 spiro atoms. The molecule has 0 radical (unpaired) electrons. The van der Waals surface area contributed by atoms with Crippen molar-refractivity contribution >= 4 is 5.97 Å². The lowest BCUT2D eigenvalue weighted by Crippen LogP contribution is -2.13. The van der Waals surface area contributed by atoms with Gasteiger partial charge in [-0.05, 0) is 77.9 Å². The highest BCUT2D eigenvalue weighted by molar-refractivity contribution is 5.72. The van der Waals surface area contributed by atoms with Crippen LogP contribution in [0.25, 0.3) is 11.1 Å². The second kappa shape index (κ2) is 12.6. The normalized spacial score (nSPS) is 12.4. The predicted molar refractivity (Wildman–Crippen MR) is 147 cm³/mol. The van der Waals surface area contributed by atoms with Crippen molar-refractivity contribution in [2.45, 2.75) is 59.0 Å². The minimum Gasteiger partial charge on any atom is -0.497 e. The monoisotopic (exact) mass is 504 g/mol. The molecule has 0 heterocycles. The zero-order chi connectivity index (χ0) is 27.0. The van der Waals surface area contributed by atoms with Crippen LogP contribution in [-0.2, 0) is 21.6 Å². The number of hydrogen-bond acceptors (Lipinski definition) is 4. The molecule has 1 unspecified atom stereocenters. The highest BCUT2D eigenvalue weighted by atomic mass is 19.1. The van der Waals surface area contributed by atoms with Crippen LogP contribution in [0.4, 0.5) is 4.39 Å². The van der Waals surface area contributed by atoms with Crippen LogP contribution in [0.1, 0.15) is 63.6 Å². The molecule has 0 saturated carbocycles. The van der Waals surface area contributed by atoms with E-state index in [-0.39, 0.29) is 23.1 Å². The Balaban J connectivity index is 1.82. The van der Waals surface area contributed by atoms with Crippen LogP contribution in [0, 0.1) is 5.82 Å². The third-order valence-corrected chi connectivity index (χ3v) is 6.19. The highest BCUT2D eigenvalue weighted by Crippen LogP contribution is 2.37.